The second-order valence-corrected chi connectivity index (χ2v) is 11.4. The number of carbonyl (C=O) groups excluding carboxylic acids is 1. The van der Waals surface area contributed by atoms with Crippen LogP contribution >= 0.6 is 11.3 Å². The summed E-state index contributed by atoms with van der Waals surface area (Å²) in [5.74, 6) is 0.770. The van der Waals surface area contributed by atoms with Crippen LogP contribution in [0.2, 0.25) is 0 Å². The predicted octanol–water partition coefficient (Wildman–Crippen LogP) is 4.29. The number of carbonyl (C=O) groups is 1. The number of thiophene rings is 1. The fourth-order valence-corrected chi connectivity index (χ4v) is 7.92. The number of amides is 1. The van der Waals surface area contributed by atoms with E-state index in [4.69, 9.17) is 0 Å². The van der Waals surface area contributed by atoms with Crippen molar-refractivity contribution in [2.45, 2.75) is 55.2 Å². The van der Waals surface area contributed by atoms with Crippen LogP contribution in [-0.2, 0) is 16.4 Å². The van der Waals surface area contributed by atoms with E-state index in [1.54, 1.807) is 17.5 Å². The topological polar surface area (TPSA) is 57.7 Å². The maximum atomic E-state index is 13.3. The Hall–Kier alpha value is -1.86. The van der Waals surface area contributed by atoms with E-state index in [2.05, 4.69) is 4.90 Å². The summed E-state index contributed by atoms with van der Waals surface area (Å²) in [6.07, 6.45) is 7.84. The molecule has 1 aromatic carbocycles. The quantitative estimate of drug-likeness (QED) is 0.730. The molecule has 5 rings (SSSR count). The summed E-state index contributed by atoms with van der Waals surface area (Å²) in [5, 5.41) is 1.78. The lowest BCUT2D eigenvalue weighted by Crippen LogP contribution is -2.49. The number of fused-ring (bicyclic) bond motifs is 2. The number of anilines is 1. The molecule has 7 heteroatoms. The Balaban J connectivity index is 1.41. The molecule has 29 heavy (non-hydrogen) atoms. The molecular weight excluding hydrogens is 404 g/mol. The molecule has 0 spiro atoms. The molecule has 1 amide bonds. The van der Waals surface area contributed by atoms with Crippen LogP contribution in [0.1, 0.15) is 54.4 Å². The molecule has 0 radical (unpaired) electrons. The van der Waals surface area contributed by atoms with Crippen molar-refractivity contribution in [1.82, 2.24) is 4.90 Å². The molecule has 0 bridgehead atoms. The van der Waals surface area contributed by atoms with Crippen LogP contribution in [0.15, 0.2) is 39.9 Å². The van der Waals surface area contributed by atoms with Crippen LogP contribution in [0.4, 0.5) is 5.69 Å². The van der Waals surface area contributed by atoms with E-state index in [0.717, 1.165) is 24.9 Å². The highest BCUT2D eigenvalue weighted by atomic mass is 32.2. The van der Waals surface area contributed by atoms with E-state index in [9.17, 15) is 13.2 Å². The highest BCUT2D eigenvalue weighted by molar-refractivity contribution is 7.94. The number of benzene rings is 1. The van der Waals surface area contributed by atoms with Crippen LogP contribution in [0.3, 0.4) is 0 Å². The average molecular weight is 431 g/mol. The van der Waals surface area contributed by atoms with E-state index >= 15 is 0 Å². The van der Waals surface area contributed by atoms with E-state index in [0.29, 0.717) is 40.4 Å². The first kappa shape index (κ1) is 19.1. The third-order valence-corrected chi connectivity index (χ3v) is 9.91. The molecule has 2 fully saturated rings. The standard InChI is InChI=1S/C22H26N2O3S2/c25-22(23-12-3-6-16-5-1-2-7-19(16)23)18-9-10-20-17(15-18)11-13-24(20)29(26,27)21-8-4-14-28-21/h4,8-10,14-16,19H,1-3,5-7,11-13H2/t16-,19-/m0/s1. The predicted molar refractivity (Wildman–Crippen MR) is 115 cm³/mol. The molecule has 0 unspecified atom stereocenters. The molecule has 1 saturated heterocycles. The number of sulfonamides is 1. The SMILES string of the molecule is O=C(c1ccc2c(c1)CCN2S(=O)(=O)c1cccs1)N1CCC[C@@H]2CCCC[C@@H]21. The summed E-state index contributed by atoms with van der Waals surface area (Å²) in [7, 11) is -3.52. The van der Waals surface area contributed by atoms with Gasteiger partial charge in [0.05, 0.1) is 5.69 Å². The first-order valence-corrected chi connectivity index (χ1v) is 12.9. The third kappa shape index (κ3) is 3.28. The zero-order valence-electron chi connectivity index (χ0n) is 16.4. The second kappa shape index (κ2) is 7.43. The van der Waals surface area contributed by atoms with Gasteiger partial charge in [-0.3, -0.25) is 9.10 Å². The molecule has 1 aromatic heterocycles. The van der Waals surface area contributed by atoms with Gasteiger partial charge in [-0.15, -0.1) is 11.3 Å². The minimum Gasteiger partial charge on any atom is -0.335 e. The number of rotatable bonds is 3. The number of piperidine rings is 1. The van der Waals surface area contributed by atoms with Gasteiger partial charge in [-0.25, -0.2) is 8.42 Å². The van der Waals surface area contributed by atoms with Gasteiger partial charge in [0.15, 0.2) is 0 Å². The first-order chi connectivity index (χ1) is 14.1. The van der Waals surface area contributed by atoms with Crippen molar-refractivity contribution in [3.63, 3.8) is 0 Å². The van der Waals surface area contributed by atoms with Gasteiger partial charge in [0.25, 0.3) is 15.9 Å². The smallest absolute Gasteiger partial charge is 0.273 e. The lowest BCUT2D eigenvalue weighted by atomic mass is 9.78. The van der Waals surface area contributed by atoms with E-state index < -0.39 is 10.0 Å². The minimum atomic E-state index is -3.52. The normalized spacial score (nSPS) is 24.3. The van der Waals surface area contributed by atoms with Crippen LogP contribution < -0.4 is 4.31 Å². The van der Waals surface area contributed by atoms with Crippen molar-refractivity contribution in [2.75, 3.05) is 17.4 Å². The zero-order valence-corrected chi connectivity index (χ0v) is 18.1. The molecule has 154 valence electrons. The fourth-order valence-electron chi connectivity index (χ4n) is 5.32. The van der Waals surface area contributed by atoms with Gasteiger partial charge in [-0.1, -0.05) is 18.9 Å². The number of hydrogen-bond acceptors (Lipinski definition) is 4. The molecule has 2 aliphatic heterocycles. The van der Waals surface area contributed by atoms with Crippen LogP contribution in [-0.4, -0.2) is 38.4 Å². The Morgan fingerprint density at radius 1 is 1.03 bits per heavy atom. The van der Waals surface area contributed by atoms with Gasteiger partial charge < -0.3 is 4.90 Å². The van der Waals surface area contributed by atoms with Gasteiger partial charge >= 0.3 is 0 Å². The summed E-state index contributed by atoms with van der Waals surface area (Å²) in [6, 6.07) is 9.35. The van der Waals surface area contributed by atoms with E-state index in [1.165, 1.54) is 41.3 Å². The van der Waals surface area contributed by atoms with Crippen molar-refractivity contribution in [2.24, 2.45) is 5.92 Å². The van der Waals surface area contributed by atoms with E-state index in [-0.39, 0.29) is 5.91 Å². The lowest BCUT2D eigenvalue weighted by Gasteiger charge is -2.44. The van der Waals surface area contributed by atoms with E-state index in [1.807, 2.05) is 18.2 Å². The Morgan fingerprint density at radius 2 is 1.86 bits per heavy atom. The van der Waals surface area contributed by atoms with Crippen LogP contribution in [0, 0.1) is 5.92 Å². The van der Waals surface area contributed by atoms with Gasteiger partial charge in [0, 0.05) is 24.7 Å². The summed E-state index contributed by atoms with van der Waals surface area (Å²) >= 11 is 1.24. The lowest BCUT2D eigenvalue weighted by molar-refractivity contribution is 0.0390. The Bertz CT molecular complexity index is 1010. The largest absolute Gasteiger partial charge is 0.335 e. The van der Waals surface area contributed by atoms with Gasteiger partial charge in [0.1, 0.15) is 4.21 Å². The van der Waals surface area contributed by atoms with Gasteiger partial charge in [-0.2, -0.15) is 0 Å². The molecule has 2 atom stereocenters. The molecule has 2 aromatic rings. The highest BCUT2D eigenvalue weighted by Crippen LogP contribution is 2.38. The Labute approximate surface area is 176 Å². The number of hydrogen-bond donors (Lipinski definition) is 0. The molecule has 3 aliphatic rings. The maximum Gasteiger partial charge on any atom is 0.273 e. The summed E-state index contributed by atoms with van der Waals surface area (Å²) < 4.78 is 27.7. The average Bonchev–Trinajstić information content (AvgIpc) is 3.43. The fraction of sp³-hybridized carbons (Fsp3) is 0.500. The maximum absolute atomic E-state index is 13.3. The van der Waals surface area contributed by atoms with Gasteiger partial charge in [-0.05, 0) is 73.2 Å². The van der Waals surface area contributed by atoms with Crippen LogP contribution in [0.5, 0.6) is 0 Å². The number of likely N-dealkylation sites (tertiary alicyclic amines) is 1. The molecule has 3 heterocycles. The molecular formula is C22H26N2O3S2. The minimum absolute atomic E-state index is 0.115. The van der Waals surface area contributed by atoms with Crippen molar-refractivity contribution >= 4 is 33.0 Å². The first-order valence-electron chi connectivity index (χ1n) is 10.6. The van der Waals surface area contributed by atoms with Gasteiger partial charge in [0.2, 0.25) is 0 Å². The Morgan fingerprint density at radius 3 is 2.69 bits per heavy atom. The highest BCUT2D eigenvalue weighted by Gasteiger charge is 2.37. The third-order valence-electron chi connectivity index (χ3n) is 6.72. The Kier molecular flexibility index (Phi) is 4.90. The van der Waals surface area contributed by atoms with Crippen molar-refractivity contribution < 1.29 is 13.2 Å². The number of nitrogens with zero attached hydrogens (tertiary/aromatic N) is 2. The molecule has 1 aliphatic carbocycles. The summed E-state index contributed by atoms with van der Waals surface area (Å²) in [4.78, 5) is 15.4. The van der Waals surface area contributed by atoms with Crippen molar-refractivity contribution in [3.8, 4) is 0 Å². The second-order valence-electron chi connectivity index (χ2n) is 8.36. The zero-order chi connectivity index (χ0) is 20.0. The summed E-state index contributed by atoms with van der Waals surface area (Å²) in [5.41, 5.74) is 2.36. The summed E-state index contributed by atoms with van der Waals surface area (Å²) in [6.45, 7) is 1.28. The monoisotopic (exact) mass is 430 g/mol. The molecule has 1 saturated carbocycles. The van der Waals surface area contributed by atoms with Crippen LogP contribution in [0.25, 0.3) is 0 Å². The molecule has 0 N–H and O–H groups in total. The van der Waals surface area contributed by atoms with Crippen molar-refractivity contribution in [1.29, 1.82) is 0 Å². The van der Waals surface area contributed by atoms with Crippen molar-refractivity contribution in [3.05, 3.63) is 46.8 Å². The molecule has 5 nitrogen and oxygen atoms in total.